The highest BCUT2D eigenvalue weighted by atomic mass is 16.1. The first-order valence-electron chi connectivity index (χ1n) is 3.86. The van der Waals surface area contributed by atoms with E-state index in [0.29, 0.717) is 11.2 Å². The summed E-state index contributed by atoms with van der Waals surface area (Å²) in [5.41, 5.74) is 6.23. The molecule has 0 fully saturated rings. The standard InChI is InChI=1S/C7H9N5O/c1-4(8)12-3-11-5-6(12)9-2-10-7(5)13/h2-4H,8H2,1H3,(H,9,10,13). The minimum Gasteiger partial charge on any atom is -0.311 e. The molecule has 68 valence electrons. The van der Waals surface area contributed by atoms with Gasteiger partial charge in [-0.3, -0.25) is 9.36 Å². The van der Waals surface area contributed by atoms with Crippen LogP contribution < -0.4 is 11.3 Å². The molecule has 0 aliphatic carbocycles. The third-order valence-electron chi connectivity index (χ3n) is 1.80. The zero-order valence-corrected chi connectivity index (χ0v) is 7.06. The van der Waals surface area contributed by atoms with Crippen LogP contribution >= 0.6 is 0 Å². The quantitative estimate of drug-likeness (QED) is 0.623. The summed E-state index contributed by atoms with van der Waals surface area (Å²) in [6.07, 6.45) is 2.61. The van der Waals surface area contributed by atoms with Crippen molar-refractivity contribution in [2.24, 2.45) is 5.73 Å². The SMILES string of the molecule is CC(N)n1cnc2c(=O)[nH]cnc21. The highest BCUT2D eigenvalue weighted by Gasteiger charge is 2.08. The van der Waals surface area contributed by atoms with E-state index in [0.717, 1.165) is 0 Å². The topological polar surface area (TPSA) is 89.6 Å². The zero-order chi connectivity index (χ0) is 9.42. The molecule has 3 N–H and O–H groups in total. The van der Waals surface area contributed by atoms with Crippen molar-refractivity contribution in [3.8, 4) is 0 Å². The predicted octanol–water partition coefficient (Wildman–Crippen LogP) is -0.403. The van der Waals surface area contributed by atoms with Crippen molar-refractivity contribution in [2.45, 2.75) is 13.1 Å². The maximum Gasteiger partial charge on any atom is 0.278 e. The summed E-state index contributed by atoms with van der Waals surface area (Å²) >= 11 is 0. The largest absolute Gasteiger partial charge is 0.311 e. The first-order chi connectivity index (χ1) is 6.20. The Kier molecular flexibility index (Phi) is 1.63. The molecule has 0 radical (unpaired) electrons. The molecule has 0 bridgehead atoms. The van der Waals surface area contributed by atoms with Gasteiger partial charge in [-0.2, -0.15) is 0 Å². The van der Waals surface area contributed by atoms with Crippen LogP contribution in [0.4, 0.5) is 0 Å². The van der Waals surface area contributed by atoms with E-state index < -0.39 is 0 Å². The van der Waals surface area contributed by atoms with Gasteiger partial charge in [0.1, 0.15) is 0 Å². The molecular formula is C7H9N5O. The Balaban J connectivity index is 2.83. The van der Waals surface area contributed by atoms with Crippen LogP contribution in [0.15, 0.2) is 17.4 Å². The second-order valence-corrected chi connectivity index (χ2v) is 2.80. The van der Waals surface area contributed by atoms with Crippen LogP contribution in [-0.2, 0) is 0 Å². The van der Waals surface area contributed by atoms with Gasteiger partial charge >= 0.3 is 0 Å². The fourth-order valence-corrected chi connectivity index (χ4v) is 1.16. The summed E-state index contributed by atoms with van der Waals surface area (Å²) in [5.74, 6) is 0. The number of aromatic nitrogens is 4. The van der Waals surface area contributed by atoms with Gasteiger partial charge in [0.15, 0.2) is 11.2 Å². The molecule has 0 amide bonds. The van der Waals surface area contributed by atoms with Crippen LogP contribution in [0.25, 0.3) is 11.2 Å². The lowest BCUT2D eigenvalue weighted by atomic mass is 10.5. The first-order valence-corrected chi connectivity index (χ1v) is 3.86. The Morgan fingerprint density at radius 2 is 2.38 bits per heavy atom. The Morgan fingerprint density at radius 3 is 3.08 bits per heavy atom. The molecule has 6 heteroatoms. The lowest BCUT2D eigenvalue weighted by molar-refractivity contribution is 0.583. The molecule has 2 aromatic rings. The van der Waals surface area contributed by atoms with Gasteiger partial charge < -0.3 is 10.7 Å². The van der Waals surface area contributed by atoms with Crippen molar-refractivity contribution in [2.75, 3.05) is 0 Å². The number of H-pyrrole nitrogens is 1. The predicted molar refractivity (Wildman–Crippen MR) is 47.0 cm³/mol. The third kappa shape index (κ3) is 1.11. The molecule has 6 nitrogen and oxygen atoms in total. The van der Waals surface area contributed by atoms with E-state index in [9.17, 15) is 4.79 Å². The summed E-state index contributed by atoms with van der Waals surface area (Å²) in [5, 5.41) is 0. The summed E-state index contributed by atoms with van der Waals surface area (Å²) in [6.45, 7) is 1.80. The van der Waals surface area contributed by atoms with E-state index in [1.807, 2.05) is 0 Å². The molecule has 2 aromatic heterocycles. The first kappa shape index (κ1) is 7.93. The molecule has 0 saturated carbocycles. The average Bonchev–Trinajstić information content (AvgIpc) is 2.48. The highest BCUT2D eigenvalue weighted by Crippen LogP contribution is 2.07. The number of fused-ring (bicyclic) bond motifs is 1. The molecule has 2 heterocycles. The van der Waals surface area contributed by atoms with Crippen molar-refractivity contribution >= 4 is 11.2 Å². The van der Waals surface area contributed by atoms with E-state index in [1.54, 1.807) is 11.5 Å². The lowest BCUT2D eigenvalue weighted by Crippen LogP contribution is -2.15. The highest BCUT2D eigenvalue weighted by molar-refractivity contribution is 5.68. The van der Waals surface area contributed by atoms with Crippen LogP contribution in [0.5, 0.6) is 0 Å². The minimum atomic E-state index is -0.246. The molecular weight excluding hydrogens is 170 g/mol. The molecule has 13 heavy (non-hydrogen) atoms. The number of aromatic amines is 1. The van der Waals surface area contributed by atoms with E-state index in [1.165, 1.54) is 12.7 Å². The molecule has 0 spiro atoms. The number of imidazole rings is 1. The lowest BCUT2D eigenvalue weighted by Gasteiger charge is -2.05. The van der Waals surface area contributed by atoms with Gasteiger partial charge in [-0.05, 0) is 6.92 Å². The number of hydrogen-bond donors (Lipinski definition) is 2. The van der Waals surface area contributed by atoms with Gasteiger partial charge in [-0.25, -0.2) is 9.97 Å². The normalized spacial score (nSPS) is 13.4. The van der Waals surface area contributed by atoms with Crippen LogP contribution in [0, 0.1) is 0 Å². The summed E-state index contributed by atoms with van der Waals surface area (Å²) in [7, 11) is 0. The maximum atomic E-state index is 11.2. The van der Waals surface area contributed by atoms with Crippen molar-refractivity contribution in [1.82, 2.24) is 19.5 Å². The Morgan fingerprint density at radius 1 is 1.62 bits per heavy atom. The maximum absolute atomic E-state index is 11.2. The van der Waals surface area contributed by atoms with Gasteiger partial charge in [-0.1, -0.05) is 0 Å². The van der Waals surface area contributed by atoms with Crippen LogP contribution in [0.2, 0.25) is 0 Å². The number of hydrogen-bond acceptors (Lipinski definition) is 4. The fourth-order valence-electron chi connectivity index (χ4n) is 1.16. The van der Waals surface area contributed by atoms with E-state index in [4.69, 9.17) is 5.73 Å². The molecule has 1 atom stereocenters. The average molecular weight is 179 g/mol. The van der Waals surface area contributed by atoms with E-state index in [-0.39, 0.29) is 11.7 Å². The summed E-state index contributed by atoms with van der Waals surface area (Å²) in [6, 6.07) is 0. The fraction of sp³-hybridized carbons (Fsp3) is 0.286. The van der Waals surface area contributed by atoms with Crippen molar-refractivity contribution in [3.63, 3.8) is 0 Å². The monoisotopic (exact) mass is 179 g/mol. The Labute approximate surface area is 73.4 Å². The van der Waals surface area contributed by atoms with Crippen molar-refractivity contribution in [3.05, 3.63) is 23.0 Å². The van der Waals surface area contributed by atoms with Gasteiger partial charge in [-0.15, -0.1) is 0 Å². The van der Waals surface area contributed by atoms with Crippen LogP contribution in [0.1, 0.15) is 13.1 Å². The molecule has 0 aromatic carbocycles. The molecule has 0 aliphatic rings. The van der Waals surface area contributed by atoms with Gasteiger partial charge in [0.2, 0.25) is 0 Å². The summed E-state index contributed by atoms with van der Waals surface area (Å²) in [4.78, 5) is 21.5. The second kappa shape index (κ2) is 2.67. The third-order valence-corrected chi connectivity index (χ3v) is 1.80. The Hall–Kier alpha value is -1.69. The number of rotatable bonds is 1. The molecule has 0 aliphatic heterocycles. The molecule has 0 saturated heterocycles. The van der Waals surface area contributed by atoms with Gasteiger partial charge in [0, 0.05) is 0 Å². The number of nitrogens with zero attached hydrogens (tertiary/aromatic N) is 3. The van der Waals surface area contributed by atoms with Crippen LogP contribution in [0.3, 0.4) is 0 Å². The van der Waals surface area contributed by atoms with E-state index >= 15 is 0 Å². The zero-order valence-electron chi connectivity index (χ0n) is 7.06. The number of nitrogens with two attached hydrogens (primary N) is 1. The van der Waals surface area contributed by atoms with E-state index in [2.05, 4.69) is 15.0 Å². The van der Waals surface area contributed by atoms with Crippen molar-refractivity contribution < 1.29 is 0 Å². The Bertz CT molecular complexity index is 483. The van der Waals surface area contributed by atoms with Crippen molar-refractivity contribution in [1.29, 1.82) is 0 Å². The summed E-state index contributed by atoms with van der Waals surface area (Å²) < 4.78 is 1.64. The van der Waals surface area contributed by atoms with Crippen LogP contribution in [-0.4, -0.2) is 19.5 Å². The van der Waals surface area contributed by atoms with Gasteiger partial charge in [0.25, 0.3) is 5.56 Å². The van der Waals surface area contributed by atoms with Gasteiger partial charge in [0.05, 0.1) is 18.8 Å². The minimum absolute atomic E-state index is 0.237. The second-order valence-electron chi connectivity index (χ2n) is 2.80. The molecule has 2 rings (SSSR count). The molecule has 1 unspecified atom stereocenters. The smallest absolute Gasteiger partial charge is 0.278 e. The number of nitrogens with one attached hydrogen (secondary N) is 1.